The number of carbonyl (C=O) groups excluding carboxylic acids is 1. The van der Waals surface area contributed by atoms with Gasteiger partial charge in [0.15, 0.2) is 5.82 Å². The van der Waals surface area contributed by atoms with E-state index in [1.165, 1.54) is 0 Å². The molecule has 2 aromatic rings. The summed E-state index contributed by atoms with van der Waals surface area (Å²) in [6, 6.07) is 10.1. The van der Waals surface area contributed by atoms with Crippen molar-refractivity contribution >= 4 is 11.7 Å². The first-order valence-corrected chi connectivity index (χ1v) is 7.99. The third-order valence-electron chi connectivity index (χ3n) is 4.25. The Kier molecular flexibility index (Phi) is 3.54. The van der Waals surface area contributed by atoms with E-state index in [-0.39, 0.29) is 11.9 Å². The van der Waals surface area contributed by atoms with Crippen LogP contribution >= 0.6 is 0 Å². The highest BCUT2D eigenvalue weighted by atomic mass is 16.1. The SMILES string of the molecule is O=C1NCCc2c(NC3C=CCC3)nc(-c3ccccc3)nc21. The van der Waals surface area contributed by atoms with Crippen LogP contribution in [0.15, 0.2) is 42.5 Å². The van der Waals surface area contributed by atoms with Gasteiger partial charge in [0, 0.05) is 23.7 Å². The summed E-state index contributed by atoms with van der Waals surface area (Å²) in [5.74, 6) is 1.27. The van der Waals surface area contributed by atoms with E-state index < -0.39 is 0 Å². The highest BCUT2D eigenvalue weighted by molar-refractivity contribution is 5.96. The first kappa shape index (κ1) is 13.9. The first-order chi connectivity index (χ1) is 11.3. The van der Waals surface area contributed by atoms with Crippen LogP contribution in [0.5, 0.6) is 0 Å². The molecule has 23 heavy (non-hydrogen) atoms. The summed E-state index contributed by atoms with van der Waals surface area (Å²) in [7, 11) is 0. The molecule has 2 heterocycles. The van der Waals surface area contributed by atoms with Crippen molar-refractivity contribution in [2.24, 2.45) is 0 Å². The van der Waals surface area contributed by atoms with Crippen molar-refractivity contribution in [1.29, 1.82) is 0 Å². The largest absolute Gasteiger partial charge is 0.363 e. The van der Waals surface area contributed by atoms with Crippen LogP contribution in [0.1, 0.15) is 28.9 Å². The van der Waals surface area contributed by atoms with Gasteiger partial charge >= 0.3 is 0 Å². The lowest BCUT2D eigenvalue weighted by Gasteiger charge is -2.21. The number of aromatic nitrogens is 2. The molecule has 1 unspecified atom stereocenters. The summed E-state index contributed by atoms with van der Waals surface area (Å²) < 4.78 is 0. The molecular weight excluding hydrogens is 288 g/mol. The molecule has 1 aromatic heterocycles. The van der Waals surface area contributed by atoms with Gasteiger partial charge in [0.1, 0.15) is 11.5 Å². The van der Waals surface area contributed by atoms with Crippen molar-refractivity contribution in [1.82, 2.24) is 15.3 Å². The predicted molar refractivity (Wildman–Crippen MR) is 89.3 cm³/mol. The Morgan fingerprint density at radius 2 is 2.04 bits per heavy atom. The number of nitrogens with zero attached hydrogens (tertiary/aromatic N) is 2. The number of benzene rings is 1. The summed E-state index contributed by atoms with van der Waals surface area (Å²) >= 11 is 0. The lowest BCUT2D eigenvalue weighted by atomic mass is 10.0. The number of allylic oxidation sites excluding steroid dienone is 1. The van der Waals surface area contributed by atoms with E-state index in [4.69, 9.17) is 4.98 Å². The second-order valence-corrected chi connectivity index (χ2v) is 5.85. The Morgan fingerprint density at radius 1 is 1.17 bits per heavy atom. The number of hydrogen-bond acceptors (Lipinski definition) is 4. The fourth-order valence-electron chi connectivity index (χ4n) is 3.06. The molecule has 0 radical (unpaired) electrons. The van der Waals surface area contributed by atoms with Crippen LogP contribution in [0, 0.1) is 0 Å². The summed E-state index contributed by atoms with van der Waals surface area (Å²) in [6.45, 7) is 0.634. The number of anilines is 1. The number of carbonyl (C=O) groups is 1. The van der Waals surface area contributed by atoms with E-state index in [0.717, 1.165) is 36.2 Å². The third-order valence-corrected chi connectivity index (χ3v) is 4.25. The Bertz CT molecular complexity index is 770. The second-order valence-electron chi connectivity index (χ2n) is 5.85. The minimum Gasteiger partial charge on any atom is -0.363 e. The third kappa shape index (κ3) is 2.70. The van der Waals surface area contributed by atoms with Gasteiger partial charge in [-0.3, -0.25) is 4.79 Å². The number of amides is 1. The summed E-state index contributed by atoms with van der Waals surface area (Å²) in [6.07, 6.45) is 7.24. The number of nitrogens with one attached hydrogen (secondary N) is 2. The fraction of sp³-hybridized carbons (Fsp3) is 0.278. The number of rotatable bonds is 3. The summed E-state index contributed by atoms with van der Waals surface area (Å²) in [4.78, 5) is 21.5. The smallest absolute Gasteiger partial charge is 0.270 e. The van der Waals surface area contributed by atoms with E-state index in [1.807, 2.05) is 30.3 Å². The van der Waals surface area contributed by atoms with E-state index >= 15 is 0 Å². The minimum atomic E-state index is -0.115. The summed E-state index contributed by atoms with van der Waals surface area (Å²) in [5, 5.41) is 6.35. The average Bonchev–Trinajstić information content (AvgIpc) is 3.09. The van der Waals surface area contributed by atoms with Gasteiger partial charge in [-0.15, -0.1) is 0 Å². The van der Waals surface area contributed by atoms with Crippen LogP contribution in [0.3, 0.4) is 0 Å². The zero-order chi connectivity index (χ0) is 15.6. The van der Waals surface area contributed by atoms with E-state index in [0.29, 0.717) is 18.1 Å². The Labute approximate surface area is 134 Å². The van der Waals surface area contributed by atoms with Crippen molar-refractivity contribution < 1.29 is 4.79 Å². The molecule has 2 aliphatic rings. The zero-order valence-electron chi connectivity index (χ0n) is 12.7. The van der Waals surface area contributed by atoms with Crippen molar-refractivity contribution in [2.45, 2.75) is 25.3 Å². The Morgan fingerprint density at radius 3 is 2.83 bits per heavy atom. The molecule has 1 aliphatic heterocycles. The lowest BCUT2D eigenvalue weighted by Crippen LogP contribution is -2.34. The van der Waals surface area contributed by atoms with Crippen LogP contribution in [-0.2, 0) is 6.42 Å². The first-order valence-electron chi connectivity index (χ1n) is 7.99. The van der Waals surface area contributed by atoms with E-state index in [2.05, 4.69) is 27.8 Å². The molecule has 116 valence electrons. The summed E-state index contributed by atoms with van der Waals surface area (Å²) in [5.41, 5.74) is 2.34. The van der Waals surface area contributed by atoms with Gasteiger partial charge in [0.2, 0.25) is 0 Å². The van der Waals surface area contributed by atoms with E-state index in [9.17, 15) is 4.79 Å². The minimum absolute atomic E-state index is 0.115. The van der Waals surface area contributed by atoms with Gasteiger partial charge < -0.3 is 10.6 Å². The molecule has 0 bridgehead atoms. The lowest BCUT2D eigenvalue weighted by molar-refractivity contribution is 0.0940. The molecule has 1 aromatic carbocycles. The fourth-order valence-corrected chi connectivity index (χ4v) is 3.06. The number of hydrogen-bond donors (Lipinski definition) is 2. The molecule has 0 saturated heterocycles. The van der Waals surface area contributed by atoms with Gasteiger partial charge in [-0.1, -0.05) is 42.5 Å². The Hall–Kier alpha value is -2.69. The molecule has 1 amide bonds. The van der Waals surface area contributed by atoms with Gasteiger partial charge in [-0.25, -0.2) is 9.97 Å². The van der Waals surface area contributed by atoms with Crippen LogP contribution in [0.25, 0.3) is 11.4 Å². The molecular formula is C18H18N4O. The van der Waals surface area contributed by atoms with Crippen molar-refractivity contribution in [3.8, 4) is 11.4 Å². The number of fused-ring (bicyclic) bond motifs is 1. The van der Waals surface area contributed by atoms with Crippen LogP contribution in [0.4, 0.5) is 5.82 Å². The van der Waals surface area contributed by atoms with Crippen LogP contribution in [0.2, 0.25) is 0 Å². The van der Waals surface area contributed by atoms with Crippen molar-refractivity contribution in [3.63, 3.8) is 0 Å². The molecule has 2 N–H and O–H groups in total. The van der Waals surface area contributed by atoms with Crippen LogP contribution < -0.4 is 10.6 Å². The van der Waals surface area contributed by atoms with Gasteiger partial charge in [-0.05, 0) is 19.3 Å². The topological polar surface area (TPSA) is 66.9 Å². The monoisotopic (exact) mass is 306 g/mol. The average molecular weight is 306 g/mol. The highest BCUT2D eigenvalue weighted by Gasteiger charge is 2.25. The standard InChI is InChI=1S/C18H18N4O/c23-18-15-14(10-11-19-18)17(20-13-8-4-5-9-13)22-16(21-15)12-6-2-1-3-7-12/h1-4,6-8,13H,5,9-11H2,(H,19,23)(H,20,21,22). The molecule has 5 nitrogen and oxygen atoms in total. The normalized spacial score (nSPS) is 19.3. The molecule has 0 fully saturated rings. The van der Waals surface area contributed by atoms with Gasteiger partial charge in [0.25, 0.3) is 5.91 Å². The quantitative estimate of drug-likeness (QED) is 0.855. The van der Waals surface area contributed by atoms with Crippen molar-refractivity contribution in [3.05, 3.63) is 53.7 Å². The molecule has 0 saturated carbocycles. The predicted octanol–water partition coefficient (Wildman–Crippen LogP) is 2.56. The maximum atomic E-state index is 12.2. The van der Waals surface area contributed by atoms with E-state index in [1.54, 1.807) is 0 Å². The Balaban J connectivity index is 1.80. The zero-order valence-corrected chi connectivity index (χ0v) is 12.7. The van der Waals surface area contributed by atoms with Crippen LogP contribution in [-0.4, -0.2) is 28.5 Å². The maximum absolute atomic E-state index is 12.2. The van der Waals surface area contributed by atoms with Gasteiger partial charge in [0.05, 0.1) is 0 Å². The maximum Gasteiger partial charge on any atom is 0.270 e. The second kappa shape index (κ2) is 5.83. The molecule has 4 rings (SSSR count). The van der Waals surface area contributed by atoms with Gasteiger partial charge in [-0.2, -0.15) is 0 Å². The molecule has 1 aliphatic carbocycles. The molecule has 5 heteroatoms. The van der Waals surface area contributed by atoms with Crippen molar-refractivity contribution in [2.75, 3.05) is 11.9 Å². The molecule has 1 atom stereocenters. The molecule has 0 spiro atoms. The highest BCUT2D eigenvalue weighted by Crippen LogP contribution is 2.26.